The zero-order chi connectivity index (χ0) is 15.4. The van der Waals surface area contributed by atoms with Crippen LogP contribution in [0.25, 0.3) is 0 Å². The number of rotatable bonds is 4. The number of nitrogens with two attached hydrogens (primary N) is 1. The fraction of sp³-hybridized carbons (Fsp3) is 0.278. The summed E-state index contributed by atoms with van der Waals surface area (Å²) in [4.78, 5) is 14.5. The predicted octanol–water partition coefficient (Wildman–Crippen LogP) is 3.43. The number of hydrogen-bond acceptors (Lipinski definition) is 2. The van der Waals surface area contributed by atoms with E-state index in [2.05, 4.69) is 6.07 Å². The maximum absolute atomic E-state index is 12.7. The molecule has 0 radical (unpaired) electrons. The average Bonchev–Trinajstić information content (AvgIpc) is 2.47. The Kier molecular flexibility index (Phi) is 4.76. The van der Waals surface area contributed by atoms with Crippen molar-refractivity contribution in [2.24, 2.45) is 5.73 Å². The molecule has 21 heavy (non-hydrogen) atoms. The second kappa shape index (κ2) is 6.55. The number of hydrogen-bond donors (Lipinski definition) is 1. The molecule has 2 aromatic rings. The van der Waals surface area contributed by atoms with Crippen LogP contribution in [0.4, 0.5) is 5.69 Å². The molecule has 0 aliphatic heterocycles. The summed E-state index contributed by atoms with van der Waals surface area (Å²) in [7, 11) is 0. The van der Waals surface area contributed by atoms with E-state index in [0.29, 0.717) is 18.7 Å². The molecular formula is C18H22N2O. The number of carbonyl (C=O) groups excluding carboxylic acids is 1. The molecule has 2 rings (SSSR count). The van der Waals surface area contributed by atoms with E-state index in [0.717, 1.165) is 22.4 Å². The van der Waals surface area contributed by atoms with Gasteiger partial charge >= 0.3 is 0 Å². The second-order valence-electron chi connectivity index (χ2n) is 5.30. The van der Waals surface area contributed by atoms with E-state index < -0.39 is 0 Å². The highest BCUT2D eigenvalue weighted by Gasteiger charge is 2.16. The number of nitrogens with zero attached hydrogens (tertiary/aromatic N) is 1. The van der Waals surface area contributed by atoms with Gasteiger partial charge in [-0.15, -0.1) is 0 Å². The molecular weight excluding hydrogens is 260 g/mol. The third-order valence-corrected chi connectivity index (χ3v) is 3.52. The first-order chi connectivity index (χ1) is 10.0. The Hall–Kier alpha value is -2.13. The zero-order valence-corrected chi connectivity index (χ0v) is 12.9. The third kappa shape index (κ3) is 3.50. The molecule has 2 aromatic carbocycles. The van der Waals surface area contributed by atoms with Crippen LogP contribution in [-0.2, 0) is 6.54 Å². The quantitative estimate of drug-likeness (QED) is 0.934. The first-order valence-electron chi connectivity index (χ1n) is 7.24. The summed E-state index contributed by atoms with van der Waals surface area (Å²) in [5.41, 5.74) is 10.6. The van der Waals surface area contributed by atoms with Crippen molar-refractivity contribution in [3.05, 3.63) is 64.7 Å². The molecule has 0 aliphatic rings. The van der Waals surface area contributed by atoms with Crippen LogP contribution < -0.4 is 10.6 Å². The van der Waals surface area contributed by atoms with Gasteiger partial charge in [-0.25, -0.2) is 0 Å². The van der Waals surface area contributed by atoms with Crippen molar-refractivity contribution in [1.82, 2.24) is 0 Å². The van der Waals surface area contributed by atoms with Gasteiger partial charge in [0.15, 0.2) is 0 Å². The molecule has 0 heterocycles. The van der Waals surface area contributed by atoms with E-state index in [1.54, 1.807) is 4.90 Å². The average molecular weight is 282 g/mol. The smallest absolute Gasteiger partial charge is 0.258 e. The molecule has 0 spiro atoms. The molecule has 0 atom stereocenters. The van der Waals surface area contributed by atoms with Crippen LogP contribution in [-0.4, -0.2) is 12.5 Å². The van der Waals surface area contributed by atoms with Crippen molar-refractivity contribution in [1.29, 1.82) is 0 Å². The van der Waals surface area contributed by atoms with Crippen molar-refractivity contribution in [2.75, 3.05) is 11.4 Å². The van der Waals surface area contributed by atoms with Crippen LogP contribution in [0.1, 0.15) is 34.0 Å². The second-order valence-corrected chi connectivity index (χ2v) is 5.30. The lowest BCUT2D eigenvalue weighted by atomic mass is 10.1. The SMILES string of the molecule is CCN(C(=O)c1ccc(CN)cc1)c1cc(C)cc(C)c1. The van der Waals surface area contributed by atoms with E-state index >= 15 is 0 Å². The molecule has 3 nitrogen and oxygen atoms in total. The number of anilines is 1. The van der Waals surface area contributed by atoms with Gasteiger partial charge in [0, 0.05) is 24.3 Å². The molecule has 110 valence electrons. The van der Waals surface area contributed by atoms with Crippen LogP contribution in [0.3, 0.4) is 0 Å². The number of benzene rings is 2. The molecule has 0 bridgehead atoms. The molecule has 0 saturated carbocycles. The lowest BCUT2D eigenvalue weighted by molar-refractivity contribution is 0.0988. The Morgan fingerprint density at radius 2 is 1.62 bits per heavy atom. The monoisotopic (exact) mass is 282 g/mol. The molecule has 0 fully saturated rings. The van der Waals surface area contributed by atoms with Crippen LogP contribution in [0, 0.1) is 13.8 Å². The van der Waals surface area contributed by atoms with Crippen molar-refractivity contribution < 1.29 is 4.79 Å². The maximum Gasteiger partial charge on any atom is 0.258 e. The molecule has 3 heteroatoms. The Morgan fingerprint density at radius 3 is 2.10 bits per heavy atom. The first kappa shape index (κ1) is 15.3. The van der Waals surface area contributed by atoms with Gasteiger partial charge in [0.1, 0.15) is 0 Å². The standard InChI is InChI=1S/C18H22N2O/c1-4-20(17-10-13(2)9-14(3)11-17)18(21)16-7-5-15(12-19)6-8-16/h5-11H,4,12,19H2,1-3H3. The lowest BCUT2D eigenvalue weighted by Gasteiger charge is -2.22. The first-order valence-corrected chi connectivity index (χ1v) is 7.24. The van der Waals surface area contributed by atoms with Crippen molar-refractivity contribution in [3.8, 4) is 0 Å². The van der Waals surface area contributed by atoms with E-state index in [1.165, 1.54) is 0 Å². The highest BCUT2D eigenvalue weighted by atomic mass is 16.2. The molecule has 0 aliphatic carbocycles. The normalized spacial score (nSPS) is 10.5. The summed E-state index contributed by atoms with van der Waals surface area (Å²) in [5, 5.41) is 0. The minimum atomic E-state index is 0.0195. The van der Waals surface area contributed by atoms with Gasteiger partial charge in [-0.3, -0.25) is 4.79 Å². The Morgan fingerprint density at radius 1 is 1.05 bits per heavy atom. The van der Waals surface area contributed by atoms with Gasteiger partial charge in [-0.05, 0) is 61.7 Å². The summed E-state index contributed by atoms with van der Waals surface area (Å²) in [6.07, 6.45) is 0. The summed E-state index contributed by atoms with van der Waals surface area (Å²) < 4.78 is 0. The van der Waals surface area contributed by atoms with Gasteiger partial charge in [-0.2, -0.15) is 0 Å². The van der Waals surface area contributed by atoms with Crippen molar-refractivity contribution in [2.45, 2.75) is 27.3 Å². The summed E-state index contributed by atoms with van der Waals surface area (Å²) in [5.74, 6) is 0.0195. The van der Waals surface area contributed by atoms with Gasteiger partial charge in [-0.1, -0.05) is 18.2 Å². The predicted molar refractivity (Wildman–Crippen MR) is 87.6 cm³/mol. The number of carbonyl (C=O) groups is 1. The fourth-order valence-electron chi connectivity index (χ4n) is 2.49. The Balaban J connectivity index is 2.33. The lowest BCUT2D eigenvalue weighted by Crippen LogP contribution is -2.30. The third-order valence-electron chi connectivity index (χ3n) is 3.52. The molecule has 0 saturated heterocycles. The van der Waals surface area contributed by atoms with Gasteiger partial charge < -0.3 is 10.6 Å². The fourth-order valence-corrected chi connectivity index (χ4v) is 2.49. The van der Waals surface area contributed by atoms with Crippen LogP contribution in [0.2, 0.25) is 0 Å². The molecule has 0 unspecified atom stereocenters. The molecule has 0 aromatic heterocycles. The highest BCUT2D eigenvalue weighted by molar-refractivity contribution is 6.06. The van der Waals surface area contributed by atoms with Crippen LogP contribution >= 0.6 is 0 Å². The topological polar surface area (TPSA) is 46.3 Å². The van der Waals surface area contributed by atoms with Crippen LogP contribution in [0.15, 0.2) is 42.5 Å². The molecule has 1 amide bonds. The van der Waals surface area contributed by atoms with E-state index in [9.17, 15) is 4.79 Å². The minimum Gasteiger partial charge on any atom is -0.326 e. The maximum atomic E-state index is 12.7. The highest BCUT2D eigenvalue weighted by Crippen LogP contribution is 2.21. The molecule has 2 N–H and O–H groups in total. The van der Waals surface area contributed by atoms with Gasteiger partial charge in [0.2, 0.25) is 0 Å². The van der Waals surface area contributed by atoms with E-state index in [4.69, 9.17) is 5.73 Å². The van der Waals surface area contributed by atoms with Crippen molar-refractivity contribution in [3.63, 3.8) is 0 Å². The number of amides is 1. The summed E-state index contributed by atoms with van der Waals surface area (Å²) >= 11 is 0. The summed E-state index contributed by atoms with van der Waals surface area (Å²) in [6, 6.07) is 13.7. The van der Waals surface area contributed by atoms with E-state index in [1.807, 2.05) is 57.2 Å². The number of aryl methyl sites for hydroxylation is 2. The summed E-state index contributed by atoms with van der Waals surface area (Å²) in [6.45, 7) is 7.21. The Labute approximate surface area is 126 Å². The van der Waals surface area contributed by atoms with Gasteiger partial charge in [0.05, 0.1) is 0 Å². The van der Waals surface area contributed by atoms with E-state index in [-0.39, 0.29) is 5.91 Å². The minimum absolute atomic E-state index is 0.0195. The van der Waals surface area contributed by atoms with Gasteiger partial charge in [0.25, 0.3) is 5.91 Å². The largest absolute Gasteiger partial charge is 0.326 e. The van der Waals surface area contributed by atoms with Crippen molar-refractivity contribution >= 4 is 11.6 Å². The zero-order valence-electron chi connectivity index (χ0n) is 12.9. The Bertz CT molecular complexity index is 612. The van der Waals surface area contributed by atoms with Crippen LogP contribution in [0.5, 0.6) is 0 Å².